The Kier molecular flexibility index (Phi) is 5.67. The van der Waals surface area contributed by atoms with Crippen LogP contribution in [0.5, 0.6) is 5.75 Å². The number of hydrogen-bond donors (Lipinski definition) is 1. The highest BCUT2D eigenvalue weighted by Crippen LogP contribution is 2.23. The Hall–Kier alpha value is -1.06. The van der Waals surface area contributed by atoms with Gasteiger partial charge >= 0.3 is 0 Å². The summed E-state index contributed by atoms with van der Waals surface area (Å²) in [6.07, 6.45) is 6.34. The minimum atomic E-state index is 0.704. The molecule has 1 aromatic rings. The topological polar surface area (TPSA) is 38.5 Å². The van der Waals surface area contributed by atoms with Crippen LogP contribution < -0.4 is 10.5 Å². The minimum Gasteiger partial charge on any atom is -0.496 e. The molecule has 2 rings (SSSR count). The third kappa shape index (κ3) is 4.22. The average molecular weight is 262 g/mol. The average Bonchev–Trinajstić information content (AvgIpc) is 2.68. The predicted molar refractivity (Wildman–Crippen MR) is 79.5 cm³/mol. The molecule has 3 nitrogen and oxygen atoms in total. The first-order valence-corrected chi connectivity index (χ1v) is 7.41. The molecule has 1 aliphatic rings. The summed E-state index contributed by atoms with van der Waals surface area (Å²) in [7, 11) is 1.75. The maximum absolute atomic E-state index is 5.64. The van der Waals surface area contributed by atoms with E-state index in [0.29, 0.717) is 6.54 Å². The fourth-order valence-corrected chi connectivity index (χ4v) is 2.81. The summed E-state index contributed by atoms with van der Waals surface area (Å²) < 4.78 is 5.49. The molecular weight excluding hydrogens is 236 g/mol. The molecule has 0 radical (unpaired) electrons. The van der Waals surface area contributed by atoms with E-state index in [1.807, 2.05) is 0 Å². The van der Waals surface area contributed by atoms with Gasteiger partial charge in [-0.1, -0.05) is 25.0 Å². The quantitative estimate of drug-likeness (QED) is 0.886. The van der Waals surface area contributed by atoms with E-state index in [-0.39, 0.29) is 0 Å². The number of ether oxygens (including phenoxy) is 1. The molecular formula is C16H26N2O. The Bertz CT molecular complexity index is 384. The molecule has 0 aliphatic carbocycles. The summed E-state index contributed by atoms with van der Waals surface area (Å²) in [4.78, 5) is 2.55. The number of hydrogen-bond acceptors (Lipinski definition) is 3. The zero-order chi connectivity index (χ0) is 13.5. The van der Waals surface area contributed by atoms with Gasteiger partial charge in [-0.25, -0.2) is 0 Å². The Morgan fingerprint density at radius 3 is 2.53 bits per heavy atom. The maximum Gasteiger partial charge on any atom is 0.123 e. The van der Waals surface area contributed by atoms with E-state index in [4.69, 9.17) is 10.5 Å². The second kappa shape index (κ2) is 7.51. The highest BCUT2D eigenvalue weighted by atomic mass is 16.5. The zero-order valence-corrected chi connectivity index (χ0v) is 12.0. The third-order valence-electron chi connectivity index (χ3n) is 3.87. The molecule has 0 unspecified atom stereocenters. The molecule has 1 heterocycles. The van der Waals surface area contributed by atoms with E-state index in [2.05, 4.69) is 23.1 Å². The van der Waals surface area contributed by atoms with Crippen molar-refractivity contribution in [2.75, 3.05) is 26.7 Å². The van der Waals surface area contributed by atoms with E-state index in [9.17, 15) is 0 Å². The second-order valence-corrected chi connectivity index (χ2v) is 5.38. The van der Waals surface area contributed by atoms with Gasteiger partial charge in [0.15, 0.2) is 0 Å². The van der Waals surface area contributed by atoms with Crippen LogP contribution in [-0.4, -0.2) is 31.6 Å². The fourth-order valence-electron chi connectivity index (χ4n) is 2.81. The molecule has 0 spiro atoms. The molecule has 3 heteroatoms. The van der Waals surface area contributed by atoms with Gasteiger partial charge in [-0.3, -0.25) is 4.90 Å². The summed E-state index contributed by atoms with van der Waals surface area (Å²) >= 11 is 0. The molecule has 0 atom stereocenters. The molecule has 0 saturated carbocycles. The van der Waals surface area contributed by atoms with Gasteiger partial charge in [-0.05, 0) is 50.5 Å². The van der Waals surface area contributed by atoms with Crippen molar-refractivity contribution in [1.82, 2.24) is 4.90 Å². The number of nitrogens with two attached hydrogens (primary N) is 1. The Morgan fingerprint density at radius 1 is 1.16 bits per heavy atom. The van der Waals surface area contributed by atoms with Gasteiger partial charge in [0.2, 0.25) is 0 Å². The SMILES string of the molecule is COc1ccc(CCN)cc1CN1CCCCCC1. The van der Waals surface area contributed by atoms with Crippen LogP contribution in [0.15, 0.2) is 18.2 Å². The zero-order valence-electron chi connectivity index (χ0n) is 12.0. The lowest BCUT2D eigenvalue weighted by molar-refractivity contribution is 0.271. The molecule has 1 aromatic carbocycles. The second-order valence-electron chi connectivity index (χ2n) is 5.38. The summed E-state index contributed by atoms with van der Waals surface area (Å²) in [6.45, 7) is 4.13. The number of rotatable bonds is 5. The number of nitrogens with zero attached hydrogens (tertiary/aromatic N) is 1. The summed E-state index contributed by atoms with van der Waals surface area (Å²) in [6, 6.07) is 6.46. The number of benzene rings is 1. The summed E-state index contributed by atoms with van der Waals surface area (Å²) in [5, 5.41) is 0. The lowest BCUT2D eigenvalue weighted by Gasteiger charge is -2.21. The highest BCUT2D eigenvalue weighted by molar-refractivity contribution is 5.37. The normalized spacial score (nSPS) is 17.2. The molecule has 1 fully saturated rings. The van der Waals surface area contributed by atoms with Crippen LogP contribution >= 0.6 is 0 Å². The summed E-state index contributed by atoms with van der Waals surface area (Å²) in [5.74, 6) is 1.00. The Labute approximate surface area is 116 Å². The van der Waals surface area contributed by atoms with Crippen LogP contribution in [-0.2, 0) is 13.0 Å². The molecule has 1 saturated heterocycles. The van der Waals surface area contributed by atoms with Crippen molar-refractivity contribution in [1.29, 1.82) is 0 Å². The van der Waals surface area contributed by atoms with Crippen LogP contribution in [0.3, 0.4) is 0 Å². The largest absolute Gasteiger partial charge is 0.496 e. The van der Waals surface area contributed by atoms with Crippen molar-refractivity contribution in [2.45, 2.75) is 38.6 Å². The highest BCUT2D eigenvalue weighted by Gasteiger charge is 2.12. The first-order valence-electron chi connectivity index (χ1n) is 7.41. The van der Waals surface area contributed by atoms with Gasteiger partial charge in [-0.2, -0.15) is 0 Å². The van der Waals surface area contributed by atoms with E-state index in [1.165, 1.54) is 49.9 Å². The van der Waals surface area contributed by atoms with Gasteiger partial charge in [0.05, 0.1) is 7.11 Å². The van der Waals surface area contributed by atoms with Crippen LogP contribution in [0.25, 0.3) is 0 Å². The lowest BCUT2D eigenvalue weighted by Crippen LogP contribution is -2.24. The van der Waals surface area contributed by atoms with Gasteiger partial charge in [0.1, 0.15) is 5.75 Å². The Balaban J connectivity index is 2.09. The maximum atomic E-state index is 5.64. The van der Waals surface area contributed by atoms with Crippen molar-refractivity contribution >= 4 is 0 Å². The van der Waals surface area contributed by atoms with Crippen molar-refractivity contribution in [2.24, 2.45) is 5.73 Å². The van der Waals surface area contributed by atoms with E-state index >= 15 is 0 Å². The third-order valence-corrected chi connectivity index (χ3v) is 3.87. The van der Waals surface area contributed by atoms with Gasteiger partial charge in [0.25, 0.3) is 0 Å². The molecule has 106 valence electrons. The lowest BCUT2D eigenvalue weighted by atomic mass is 10.1. The van der Waals surface area contributed by atoms with Crippen molar-refractivity contribution in [3.8, 4) is 5.75 Å². The van der Waals surface area contributed by atoms with Crippen LogP contribution in [0, 0.1) is 0 Å². The van der Waals surface area contributed by atoms with Crippen LogP contribution in [0.2, 0.25) is 0 Å². The molecule has 1 aliphatic heterocycles. The van der Waals surface area contributed by atoms with E-state index < -0.39 is 0 Å². The molecule has 0 aromatic heterocycles. The first kappa shape index (κ1) is 14.4. The minimum absolute atomic E-state index is 0.704. The van der Waals surface area contributed by atoms with Crippen molar-refractivity contribution in [3.05, 3.63) is 29.3 Å². The molecule has 0 bridgehead atoms. The molecule has 19 heavy (non-hydrogen) atoms. The van der Waals surface area contributed by atoms with Gasteiger partial charge < -0.3 is 10.5 Å². The van der Waals surface area contributed by atoms with E-state index in [1.54, 1.807) is 7.11 Å². The van der Waals surface area contributed by atoms with Crippen molar-refractivity contribution in [3.63, 3.8) is 0 Å². The summed E-state index contributed by atoms with van der Waals surface area (Å²) in [5.41, 5.74) is 8.26. The predicted octanol–water partition coefficient (Wildman–Crippen LogP) is 2.57. The van der Waals surface area contributed by atoms with Gasteiger partial charge in [-0.15, -0.1) is 0 Å². The standard InChI is InChI=1S/C16H26N2O/c1-19-16-7-6-14(8-9-17)12-15(16)13-18-10-4-2-3-5-11-18/h6-7,12H,2-5,8-11,13,17H2,1H3. The number of likely N-dealkylation sites (tertiary alicyclic amines) is 1. The van der Waals surface area contributed by atoms with Gasteiger partial charge in [0, 0.05) is 12.1 Å². The van der Waals surface area contributed by atoms with Crippen LogP contribution in [0.1, 0.15) is 36.8 Å². The smallest absolute Gasteiger partial charge is 0.123 e. The molecule has 0 amide bonds. The fraction of sp³-hybridized carbons (Fsp3) is 0.625. The van der Waals surface area contributed by atoms with Crippen molar-refractivity contribution < 1.29 is 4.74 Å². The van der Waals surface area contributed by atoms with Crippen LogP contribution in [0.4, 0.5) is 0 Å². The first-order chi connectivity index (χ1) is 9.33. The number of methoxy groups -OCH3 is 1. The Morgan fingerprint density at radius 2 is 1.89 bits per heavy atom. The van der Waals surface area contributed by atoms with E-state index in [0.717, 1.165) is 18.7 Å². The molecule has 2 N–H and O–H groups in total. The monoisotopic (exact) mass is 262 g/mol.